The third kappa shape index (κ3) is 3.77. The molecule has 0 fully saturated rings. The summed E-state index contributed by atoms with van der Waals surface area (Å²) in [5.41, 5.74) is 1.87. The number of nitrogens with zero attached hydrogens (tertiary/aromatic N) is 2. The molecule has 0 unspecified atom stereocenters. The summed E-state index contributed by atoms with van der Waals surface area (Å²) in [6.45, 7) is 0.956. The lowest BCUT2D eigenvalue weighted by atomic mass is 10.2. The second-order valence-corrected chi connectivity index (χ2v) is 4.66. The first kappa shape index (κ1) is 12.5. The molecule has 5 heteroatoms. The van der Waals surface area contributed by atoms with Gasteiger partial charge in [-0.2, -0.15) is 0 Å². The summed E-state index contributed by atoms with van der Waals surface area (Å²) in [6.07, 6.45) is 3.13. The van der Waals surface area contributed by atoms with Crippen molar-refractivity contribution in [3.05, 3.63) is 57.5 Å². The molecular formula is C12H10BrClN2O. The highest BCUT2D eigenvalue weighted by atomic mass is 79.9. The third-order valence-electron chi connectivity index (χ3n) is 2.14. The Balaban J connectivity index is 1.88. The number of hydrogen-bond donors (Lipinski definition) is 0. The minimum Gasteiger partial charge on any atom is -0.370 e. The van der Waals surface area contributed by atoms with Crippen LogP contribution in [0.5, 0.6) is 0 Å². The largest absolute Gasteiger partial charge is 0.370 e. The molecule has 0 spiro atoms. The van der Waals surface area contributed by atoms with E-state index in [9.17, 15) is 0 Å². The van der Waals surface area contributed by atoms with E-state index in [-0.39, 0.29) is 0 Å². The number of aromatic nitrogens is 2. The molecule has 88 valence electrons. The van der Waals surface area contributed by atoms with E-state index < -0.39 is 0 Å². The van der Waals surface area contributed by atoms with Gasteiger partial charge in [0.25, 0.3) is 0 Å². The third-order valence-corrected chi connectivity index (χ3v) is 3.11. The van der Waals surface area contributed by atoms with E-state index in [4.69, 9.17) is 16.3 Å². The second-order valence-electron chi connectivity index (χ2n) is 3.41. The molecule has 0 amide bonds. The van der Waals surface area contributed by atoms with Crippen LogP contribution < -0.4 is 0 Å². The van der Waals surface area contributed by atoms with Gasteiger partial charge >= 0.3 is 0 Å². The molecule has 3 nitrogen and oxygen atoms in total. The number of rotatable bonds is 4. The number of ether oxygens (including phenoxy) is 1. The van der Waals surface area contributed by atoms with E-state index in [0.717, 1.165) is 15.7 Å². The summed E-state index contributed by atoms with van der Waals surface area (Å²) in [5, 5.41) is 0.388. The Morgan fingerprint density at radius 1 is 1.12 bits per heavy atom. The van der Waals surface area contributed by atoms with Crippen molar-refractivity contribution in [3.63, 3.8) is 0 Å². The number of benzene rings is 1. The predicted octanol–water partition coefficient (Wildman–Crippen LogP) is 3.61. The zero-order valence-electron chi connectivity index (χ0n) is 8.94. The topological polar surface area (TPSA) is 35.0 Å². The first-order valence-electron chi connectivity index (χ1n) is 5.03. The van der Waals surface area contributed by atoms with Gasteiger partial charge in [0.05, 0.1) is 31.3 Å². The summed E-state index contributed by atoms with van der Waals surface area (Å²) in [5.74, 6) is 0. The van der Waals surface area contributed by atoms with Crippen LogP contribution in [0.1, 0.15) is 11.3 Å². The Kier molecular flexibility index (Phi) is 4.48. The fraction of sp³-hybridized carbons (Fsp3) is 0.167. The smallest absolute Gasteiger partial charge is 0.147 e. The molecule has 1 aromatic carbocycles. The SMILES string of the molecule is Clc1cnc(COCc2ccccc2Br)cn1. The van der Waals surface area contributed by atoms with Gasteiger partial charge in [-0.3, -0.25) is 4.98 Å². The van der Waals surface area contributed by atoms with Crippen LogP contribution in [0.2, 0.25) is 5.15 Å². The monoisotopic (exact) mass is 312 g/mol. The van der Waals surface area contributed by atoms with Crippen molar-refractivity contribution in [1.29, 1.82) is 0 Å². The van der Waals surface area contributed by atoms with Crippen molar-refractivity contribution in [2.24, 2.45) is 0 Å². The van der Waals surface area contributed by atoms with Crippen LogP contribution in [0.15, 0.2) is 41.1 Å². The molecule has 0 aliphatic heterocycles. The van der Waals surface area contributed by atoms with Gasteiger partial charge in [0.2, 0.25) is 0 Å². The Morgan fingerprint density at radius 2 is 1.94 bits per heavy atom. The molecule has 0 aliphatic rings. The summed E-state index contributed by atoms with van der Waals surface area (Å²) in [7, 11) is 0. The van der Waals surface area contributed by atoms with Crippen LogP contribution in [0.4, 0.5) is 0 Å². The maximum absolute atomic E-state index is 5.64. The number of hydrogen-bond acceptors (Lipinski definition) is 3. The van der Waals surface area contributed by atoms with Crippen molar-refractivity contribution in [3.8, 4) is 0 Å². The van der Waals surface area contributed by atoms with Crippen molar-refractivity contribution < 1.29 is 4.74 Å². The minimum atomic E-state index is 0.388. The van der Waals surface area contributed by atoms with Crippen LogP contribution in [0.3, 0.4) is 0 Å². The van der Waals surface area contributed by atoms with E-state index in [1.54, 1.807) is 6.20 Å². The van der Waals surface area contributed by atoms with E-state index in [2.05, 4.69) is 25.9 Å². The van der Waals surface area contributed by atoms with Crippen LogP contribution in [-0.2, 0) is 18.0 Å². The molecule has 1 heterocycles. The molecule has 0 N–H and O–H groups in total. The highest BCUT2D eigenvalue weighted by Crippen LogP contribution is 2.17. The average Bonchev–Trinajstić information content (AvgIpc) is 2.34. The molecular weight excluding hydrogens is 304 g/mol. The lowest BCUT2D eigenvalue weighted by Gasteiger charge is -2.05. The van der Waals surface area contributed by atoms with E-state index in [1.807, 2.05) is 24.3 Å². The van der Waals surface area contributed by atoms with E-state index in [1.165, 1.54) is 6.20 Å². The van der Waals surface area contributed by atoms with E-state index in [0.29, 0.717) is 18.4 Å². The molecule has 17 heavy (non-hydrogen) atoms. The Bertz CT molecular complexity index is 490. The zero-order valence-corrected chi connectivity index (χ0v) is 11.3. The summed E-state index contributed by atoms with van der Waals surface area (Å²) < 4.78 is 6.59. The van der Waals surface area contributed by atoms with Crippen molar-refractivity contribution >= 4 is 27.5 Å². The van der Waals surface area contributed by atoms with Crippen LogP contribution in [0, 0.1) is 0 Å². The fourth-order valence-electron chi connectivity index (χ4n) is 1.29. The molecule has 0 aliphatic carbocycles. The van der Waals surface area contributed by atoms with Gasteiger partial charge in [-0.15, -0.1) is 0 Å². The molecule has 0 saturated heterocycles. The van der Waals surface area contributed by atoms with Gasteiger partial charge in [-0.05, 0) is 11.6 Å². The standard InChI is InChI=1S/C12H10BrClN2O/c13-11-4-2-1-3-9(11)7-17-8-10-5-16-12(14)6-15-10/h1-6H,7-8H2. The average molecular weight is 314 g/mol. The van der Waals surface area contributed by atoms with Gasteiger partial charge in [0.15, 0.2) is 0 Å². The van der Waals surface area contributed by atoms with E-state index >= 15 is 0 Å². The predicted molar refractivity (Wildman–Crippen MR) is 69.7 cm³/mol. The summed E-state index contributed by atoms with van der Waals surface area (Å²) in [6, 6.07) is 7.95. The van der Waals surface area contributed by atoms with Crippen molar-refractivity contribution in [2.45, 2.75) is 13.2 Å². The van der Waals surface area contributed by atoms with Gasteiger partial charge in [0.1, 0.15) is 5.15 Å². The lowest BCUT2D eigenvalue weighted by molar-refractivity contribution is 0.104. The van der Waals surface area contributed by atoms with Gasteiger partial charge in [-0.1, -0.05) is 45.7 Å². The Hall–Kier alpha value is -0.970. The van der Waals surface area contributed by atoms with Crippen LogP contribution >= 0.6 is 27.5 Å². The molecule has 2 rings (SSSR count). The van der Waals surface area contributed by atoms with Crippen LogP contribution in [0.25, 0.3) is 0 Å². The molecule has 0 bridgehead atoms. The molecule has 1 aromatic heterocycles. The van der Waals surface area contributed by atoms with Gasteiger partial charge in [-0.25, -0.2) is 4.98 Å². The maximum Gasteiger partial charge on any atom is 0.147 e. The Labute approximate surface area is 113 Å². The lowest BCUT2D eigenvalue weighted by Crippen LogP contribution is -1.97. The van der Waals surface area contributed by atoms with Crippen molar-refractivity contribution in [2.75, 3.05) is 0 Å². The first-order chi connectivity index (χ1) is 8.25. The van der Waals surface area contributed by atoms with Gasteiger partial charge < -0.3 is 4.74 Å². The summed E-state index contributed by atoms with van der Waals surface area (Å²) >= 11 is 9.11. The highest BCUT2D eigenvalue weighted by Gasteiger charge is 2.00. The summed E-state index contributed by atoms with van der Waals surface area (Å²) in [4.78, 5) is 8.04. The molecule has 0 saturated carbocycles. The second kappa shape index (κ2) is 6.10. The van der Waals surface area contributed by atoms with Gasteiger partial charge in [0, 0.05) is 4.47 Å². The number of halogens is 2. The molecule has 2 aromatic rings. The fourth-order valence-corrected chi connectivity index (χ4v) is 1.79. The van der Waals surface area contributed by atoms with Crippen molar-refractivity contribution in [1.82, 2.24) is 9.97 Å². The highest BCUT2D eigenvalue weighted by molar-refractivity contribution is 9.10. The molecule has 0 atom stereocenters. The normalized spacial score (nSPS) is 10.5. The first-order valence-corrected chi connectivity index (χ1v) is 6.20. The maximum atomic E-state index is 5.64. The Morgan fingerprint density at radius 3 is 2.65 bits per heavy atom. The minimum absolute atomic E-state index is 0.388. The van der Waals surface area contributed by atoms with Crippen LogP contribution in [-0.4, -0.2) is 9.97 Å². The quantitative estimate of drug-likeness (QED) is 0.865. The zero-order chi connectivity index (χ0) is 12.1. The molecule has 0 radical (unpaired) electrons.